The maximum Gasteiger partial charge on any atom is 0.355 e. The normalized spacial score (nSPS) is 10.5. The van der Waals surface area contributed by atoms with Crippen LogP contribution in [0.3, 0.4) is 0 Å². The largest absolute Gasteiger partial charge is 0.461 e. The van der Waals surface area contributed by atoms with Gasteiger partial charge >= 0.3 is 5.97 Å². The van der Waals surface area contributed by atoms with Gasteiger partial charge in [-0.05, 0) is 66.4 Å². The van der Waals surface area contributed by atoms with Crippen LogP contribution in [0.5, 0.6) is 0 Å². The van der Waals surface area contributed by atoms with E-state index in [-0.39, 0.29) is 11.9 Å². The van der Waals surface area contributed by atoms with Gasteiger partial charge in [-0.15, -0.1) is 0 Å². The molecule has 0 atom stereocenters. The molecule has 0 bridgehead atoms. The molecule has 0 saturated carbocycles. The molecule has 2 aromatic rings. The smallest absolute Gasteiger partial charge is 0.355 e. The number of para-hydroxylation sites is 1. The first kappa shape index (κ1) is 18.3. The number of ether oxygens (including phenoxy) is 1. The number of halogens is 1. The molecule has 6 heteroatoms. The molecule has 0 fully saturated rings. The number of H-pyrrole nitrogens is 1. The van der Waals surface area contributed by atoms with E-state index in [0.717, 1.165) is 27.0 Å². The summed E-state index contributed by atoms with van der Waals surface area (Å²) in [5.41, 5.74) is 3.94. The quantitative estimate of drug-likeness (QED) is 0.725. The minimum atomic E-state index is -0.359. The van der Waals surface area contributed by atoms with Crippen LogP contribution in [0.15, 0.2) is 28.7 Å². The average molecular weight is 393 g/mol. The van der Waals surface area contributed by atoms with Crippen molar-refractivity contribution in [1.29, 1.82) is 0 Å². The molecule has 24 heavy (non-hydrogen) atoms. The number of anilines is 1. The molecule has 0 spiro atoms. The van der Waals surface area contributed by atoms with Gasteiger partial charge in [0.1, 0.15) is 5.69 Å². The Balaban J connectivity index is 2.03. The SMILES string of the molecule is CCOC(=O)c1[nH]c(C)c(CCC(=O)Nc2ccccc2Br)c1C. The van der Waals surface area contributed by atoms with E-state index in [1.54, 1.807) is 6.92 Å². The van der Waals surface area contributed by atoms with Crippen molar-refractivity contribution in [3.8, 4) is 0 Å². The lowest BCUT2D eigenvalue weighted by Gasteiger charge is -2.07. The third kappa shape index (κ3) is 4.26. The molecule has 1 aromatic carbocycles. The van der Waals surface area contributed by atoms with Crippen LogP contribution in [0.2, 0.25) is 0 Å². The zero-order chi connectivity index (χ0) is 17.7. The average Bonchev–Trinajstić information content (AvgIpc) is 2.82. The number of hydrogen-bond acceptors (Lipinski definition) is 3. The Morgan fingerprint density at radius 1 is 1.25 bits per heavy atom. The van der Waals surface area contributed by atoms with Crippen LogP contribution in [0.25, 0.3) is 0 Å². The second-order valence-electron chi connectivity index (χ2n) is 5.48. The number of aromatic nitrogens is 1. The van der Waals surface area contributed by atoms with Crippen molar-refractivity contribution >= 4 is 33.5 Å². The second kappa shape index (κ2) is 8.15. The first-order valence-electron chi connectivity index (χ1n) is 7.83. The van der Waals surface area contributed by atoms with Gasteiger partial charge in [0.25, 0.3) is 0 Å². The lowest BCUT2D eigenvalue weighted by atomic mass is 10.0. The zero-order valence-electron chi connectivity index (χ0n) is 14.0. The van der Waals surface area contributed by atoms with Crippen molar-refractivity contribution in [2.75, 3.05) is 11.9 Å². The summed E-state index contributed by atoms with van der Waals surface area (Å²) in [5, 5.41) is 2.88. The number of carbonyl (C=O) groups is 2. The van der Waals surface area contributed by atoms with Crippen LogP contribution >= 0.6 is 15.9 Å². The van der Waals surface area contributed by atoms with E-state index in [2.05, 4.69) is 26.2 Å². The van der Waals surface area contributed by atoms with Gasteiger partial charge in [-0.25, -0.2) is 4.79 Å². The molecule has 2 rings (SSSR count). The molecule has 0 aliphatic carbocycles. The molecule has 0 aliphatic rings. The Morgan fingerprint density at radius 2 is 1.96 bits per heavy atom. The third-order valence-corrected chi connectivity index (χ3v) is 4.51. The fourth-order valence-electron chi connectivity index (χ4n) is 2.59. The maximum atomic E-state index is 12.2. The number of amides is 1. The Hall–Kier alpha value is -2.08. The van der Waals surface area contributed by atoms with Crippen LogP contribution < -0.4 is 5.32 Å². The summed E-state index contributed by atoms with van der Waals surface area (Å²) in [7, 11) is 0. The number of carbonyl (C=O) groups excluding carboxylic acids is 2. The molecular weight excluding hydrogens is 372 g/mol. The van der Waals surface area contributed by atoms with E-state index in [4.69, 9.17) is 4.74 Å². The van der Waals surface area contributed by atoms with Gasteiger partial charge in [0.2, 0.25) is 5.91 Å². The van der Waals surface area contributed by atoms with E-state index in [9.17, 15) is 9.59 Å². The van der Waals surface area contributed by atoms with Gasteiger partial charge in [0, 0.05) is 16.6 Å². The highest BCUT2D eigenvalue weighted by molar-refractivity contribution is 9.10. The van der Waals surface area contributed by atoms with Crippen LogP contribution in [-0.2, 0) is 16.0 Å². The second-order valence-corrected chi connectivity index (χ2v) is 6.33. The van der Waals surface area contributed by atoms with Gasteiger partial charge in [-0.2, -0.15) is 0 Å². The molecule has 0 radical (unpaired) electrons. The van der Waals surface area contributed by atoms with Crippen LogP contribution in [-0.4, -0.2) is 23.5 Å². The Bertz CT molecular complexity index is 753. The fraction of sp³-hybridized carbons (Fsp3) is 0.333. The minimum Gasteiger partial charge on any atom is -0.461 e. The lowest BCUT2D eigenvalue weighted by Crippen LogP contribution is -2.13. The van der Waals surface area contributed by atoms with Crippen LogP contribution in [0.4, 0.5) is 5.69 Å². The third-order valence-electron chi connectivity index (χ3n) is 3.82. The maximum absolute atomic E-state index is 12.2. The van der Waals surface area contributed by atoms with Gasteiger partial charge in [0.15, 0.2) is 0 Å². The highest BCUT2D eigenvalue weighted by Crippen LogP contribution is 2.23. The van der Waals surface area contributed by atoms with Gasteiger partial charge in [-0.1, -0.05) is 12.1 Å². The molecule has 0 aliphatic heterocycles. The molecule has 128 valence electrons. The van der Waals surface area contributed by atoms with Crippen molar-refractivity contribution in [2.45, 2.75) is 33.6 Å². The molecule has 1 heterocycles. The van der Waals surface area contributed by atoms with Gasteiger partial charge in [0.05, 0.1) is 12.3 Å². The summed E-state index contributed by atoms with van der Waals surface area (Å²) < 4.78 is 5.88. The first-order valence-corrected chi connectivity index (χ1v) is 8.62. The predicted octanol–water partition coefficient (Wildman–Crippen LogP) is 4.14. The molecule has 0 unspecified atom stereocenters. The standard InChI is InChI=1S/C18H21BrN2O3/c1-4-24-18(23)17-11(2)13(12(3)20-17)9-10-16(22)21-15-8-6-5-7-14(15)19/h5-8,20H,4,9-10H2,1-3H3,(H,21,22). The summed E-state index contributed by atoms with van der Waals surface area (Å²) >= 11 is 3.41. The number of esters is 1. The molecule has 2 N–H and O–H groups in total. The number of aryl methyl sites for hydroxylation is 1. The van der Waals surface area contributed by atoms with Crippen molar-refractivity contribution in [2.24, 2.45) is 0 Å². The number of nitrogens with one attached hydrogen (secondary N) is 2. The number of benzene rings is 1. The predicted molar refractivity (Wildman–Crippen MR) is 97.3 cm³/mol. The Morgan fingerprint density at radius 3 is 2.62 bits per heavy atom. The summed E-state index contributed by atoms with van der Waals surface area (Å²) in [4.78, 5) is 27.1. The number of rotatable bonds is 6. The highest BCUT2D eigenvalue weighted by Gasteiger charge is 2.18. The molecular formula is C18H21BrN2O3. The van der Waals surface area contributed by atoms with E-state index >= 15 is 0 Å². The van der Waals surface area contributed by atoms with Crippen LogP contribution in [0.1, 0.15) is 40.7 Å². The van der Waals surface area contributed by atoms with Crippen LogP contribution in [0, 0.1) is 13.8 Å². The monoisotopic (exact) mass is 392 g/mol. The minimum absolute atomic E-state index is 0.0698. The molecule has 0 saturated heterocycles. The van der Waals surface area contributed by atoms with Gasteiger partial charge in [-0.3, -0.25) is 4.79 Å². The van der Waals surface area contributed by atoms with Crippen molar-refractivity contribution in [3.63, 3.8) is 0 Å². The highest BCUT2D eigenvalue weighted by atomic mass is 79.9. The Labute approximate surface area is 149 Å². The first-order chi connectivity index (χ1) is 11.4. The molecule has 5 nitrogen and oxygen atoms in total. The molecule has 1 amide bonds. The van der Waals surface area contributed by atoms with Crippen molar-refractivity contribution in [3.05, 3.63) is 51.3 Å². The summed E-state index contributed by atoms with van der Waals surface area (Å²) in [6.07, 6.45) is 0.896. The van der Waals surface area contributed by atoms with Crippen molar-refractivity contribution in [1.82, 2.24) is 4.98 Å². The van der Waals surface area contributed by atoms with E-state index < -0.39 is 0 Å². The van der Waals surface area contributed by atoms with E-state index in [0.29, 0.717) is 25.1 Å². The van der Waals surface area contributed by atoms with Gasteiger partial charge < -0.3 is 15.0 Å². The number of aromatic amines is 1. The van der Waals surface area contributed by atoms with E-state index in [1.165, 1.54) is 0 Å². The van der Waals surface area contributed by atoms with E-state index in [1.807, 2.05) is 38.1 Å². The summed E-state index contributed by atoms with van der Waals surface area (Å²) in [6, 6.07) is 7.48. The Kier molecular flexibility index (Phi) is 6.20. The van der Waals surface area contributed by atoms with Crippen molar-refractivity contribution < 1.29 is 14.3 Å². The summed E-state index contributed by atoms with van der Waals surface area (Å²) in [6.45, 7) is 5.88. The lowest BCUT2D eigenvalue weighted by molar-refractivity contribution is -0.116. The fourth-order valence-corrected chi connectivity index (χ4v) is 2.97. The topological polar surface area (TPSA) is 71.2 Å². The summed E-state index contributed by atoms with van der Waals surface area (Å²) in [5.74, 6) is -0.429. The zero-order valence-corrected chi connectivity index (χ0v) is 15.6. The molecule has 1 aromatic heterocycles. The number of hydrogen-bond donors (Lipinski definition) is 2.